The van der Waals surface area contributed by atoms with E-state index < -0.39 is 0 Å². The van der Waals surface area contributed by atoms with E-state index in [-0.39, 0.29) is 11.3 Å². The molecular weight excluding hydrogens is 226 g/mol. The Balaban J connectivity index is 2.77. The van der Waals surface area contributed by atoms with Crippen LogP contribution in [0.4, 0.5) is 0 Å². The van der Waals surface area contributed by atoms with Crippen LogP contribution in [0.15, 0.2) is 35.3 Å². The largest absolute Gasteiger partial charge is 0.481 e. The van der Waals surface area contributed by atoms with E-state index in [1.54, 1.807) is 0 Å². The quantitative estimate of drug-likeness (QED) is 0.607. The van der Waals surface area contributed by atoms with Gasteiger partial charge in [0.1, 0.15) is 0 Å². The molecule has 0 saturated carbocycles. The smallest absolute Gasteiger partial charge is 0.253 e. The van der Waals surface area contributed by atoms with Crippen LogP contribution < -0.4 is 0 Å². The van der Waals surface area contributed by atoms with Gasteiger partial charge in [-0.1, -0.05) is 51.1 Å². The number of ether oxygens (including phenoxy) is 1. The number of benzene rings is 1. The van der Waals surface area contributed by atoms with Gasteiger partial charge in [-0.3, -0.25) is 4.79 Å². The molecule has 0 heterocycles. The van der Waals surface area contributed by atoms with Crippen molar-refractivity contribution in [1.82, 2.24) is 0 Å². The Labute approximate surface area is 109 Å². The highest BCUT2D eigenvalue weighted by Gasteiger charge is 2.21. The molecule has 18 heavy (non-hydrogen) atoms. The minimum atomic E-state index is -0.248. The van der Waals surface area contributed by atoms with Crippen molar-refractivity contribution in [3.8, 4) is 0 Å². The van der Waals surface area contributed by atoms with Crippen LogP contribution >= 0.6 is 0 Å². The van der Waals surface area contributed by atoms with Crippen LogP contribution in [0.5, 0.6) is 0 Å². The van der Waals surface area contributed by atoms with Gasteiger partial charge >= 0.3 is 0 Å². The molecule has 0 saturated heterocycles. The molecule has 3 nitrogen and oxygen atoms in total. The number of rotatable bonds is 3. The van der Waals surface area contributed by atoms with Crippen LogP contribution in [-0.4, -0.2) is 18.4 Å². The lowest BCUT2D eigenvalue weighted by Gasteiger charge is -2.20. The lowest BCUT2D eigenvalue weighted by molar-refractivity contribution is -0.117. The topological polar surface area (TPSA) is 38.7 Å². The van der Waals surface area contributed by atoms with E-state index in [1.807, 2.05) is 58.0 Å². The molecule has 3 heteroatoms. The van der Waals surface area contributed by atoms with Gasteiger partial charge < -0.3 is 4.74 Å². The van der Waals surface area contributed by atoms with E-state index in [0.717, 1.165) is 5.56 Å². The number of carbonyl (C=O) groups is 1. The van der Waals surface area contributed by atoms with Gasteiger partial charge in [0.2, 0.25) is 0 Å². The lowest BCUT2D eigenvalue weighted by Crippen LogP contribution is -2.25. The molecule has 0 unspecified atom stereocenters. The van der Waals surface area contributed by atoms with Crippen molar-refractivity contribution >= 4 is 11.8 Å². The van der Waals surface area contributed by atoms with Gasteiger partial charge in [-0.15, -0.1) is 0 Å². The maximum Gasteiger partial charge on any atom is 0.253 e. The number of nitrogens with zero attached hydrogens (tertiary/aromatic N) is 1. The molecule has 0 N–H and O–H groups in total. The van der Waals surface area contributed by atoms with Crippen molar-refractivity contribution in [2.75, 3.05) is 6.61 Å². The first kappa shape index (κ1) is 14.4. The van der Waals surface area contributed by atoms with Gasteiger partial charge in [0.15, 0.2) is 5.90 Å². The van der Waals surface area contributed by atoms with Crippen LogP contribution in [0.3, 0.4) is 0 Å². The molecule has 0 spiro atoms. The molecule has 1 rings (SSSR count). The fourth-order valence-electron chi connectivity index (χ4n) is 1.48. The Hall–Kier alpha value is -1.64. The zero-order valence-electron chi connectivity index (χ0n) is 11.6. The maximum atomic E-state index is 11.9. The Kier molecular flexibility index (Phi) is 5.08. The zero-order valence-corrected chi connectivity index (χ0v) is 11.6. The van der Waals surface area contributed by atoms with Crippen molar-refractivity contribution in [1.29, 1.82) is 0 Å². The van der Waals surface area contributed by atoms with Crippen molar-refractivity contribution in [3.63, 3.8) is 0 Å². The Morgan fingerprint density at radius 1 is 1.22 bits per heavy atom. The van der Waals surface area contributed by atoms with Gasteiger partial charge in [0.05, 0.1) is 13.0 Å². The fraction of sp³-hybridized carbons (Fsp3) is 0.467. The highest BCUT2D eigenvalue weighted by molar-refractivity contribution is 5.94. The Bertz CT molecular complexity index is 416. The molecule has 0 radical (unpaired) electrons. The molecule has 0 aliphatic carbocycles. The minimum absolute atomic E-state index is 0.167. The van der Waals surface area contributed by atoms with Crippen molar-refractivity contribution in [2.24, 2.45) is 10.4 Å². The second kappa shape index (κ2) is 6.34. The standard InChI is InChI=1S/C15H21NO2/c1-5-18-14(15(2,3)4)16-13(17)11-12-9-7-6-8-10-12/h6-10H,5,11H2,1-4H3. The molecular formula is C15H21NO2. The van der Waals surface area contributed by atoms with E-state index in [9.17, 15) is 4.79 Å². The number of hydrogen-bond donors (Lipinski definition) is 0. The van der Waals surface area contributed by atoms with Crippen molar-refractivity contribution in [2.45, 2.75) is 34.1 Å². The summed E-state index contributed by atoms with van der Waals surface area (Å²) in [7, 11) is 0. The molecule has 1 aromatic rings. The fourth-order valence-corrected chi connectivity index (χ4v) is 1.48. The maximum absolute atomic E-state index is 11.9. The Morgan fingerprint density at radius 3 is 2.33 bits per heavy atom. The molecule has 1 aromatic carbocycles. The third-order valence-corrected chi connectivity index (χ3v) is 2.35. The van der Waals surface area contributed by atoms with Crippen LogP contribution in [0, 0.1) is 5.41 Å². The van der Waals surface area contributed by atoms with Gasteiger partial charge in [-0.25, -0.2) is 0 Å². The molecule has 0 fully saturated rings. The number of hydrogen-bond acceptors (Lipinski definition) is 2. The average molecular weight is 247 g/mol. The van der Waals surface area contributed by atoms with Crippen LogP contribution in [0.1, 0.15) is 33.3 Å². The van der Waals surface area contributed by atoms with E-state index in [2.05, 4.69) is 4.99 Å². The second-order valence-corrected chi connectivity index (χ2v) is 5.16. The summed E-state index contributed by atoms with van der Waals surface area (Å²) in [4.78, 5) is 16.0. The SMILES string of the molecule is CCOC(=NC(=O)Cc1ccccc1)C(C)(C)C. The average Bonchev–Trinajstić information content (AvgIpc) is 2.28. The van der Waals surface area contributed by atoms with Crippen molar-refractivity contribution < 1.29 is 9.53 Å². The van der Waals surface area contributed by atoms with Crippen molar-refractivity contribution in [3.05, 3.63) is 35.9 Å². The van der Waals surface area contributed by atoms with E-state index >= 15 is 0 Å². The predicted molar refractivity (Wildman–Crippen MR) is 73.7 cm³/mol. The minimum Gasteiger partial charge on any atom is -0.481 e. The van der Waals surface area contributed by atoms with Gasteiger partial charge in [0.25, 0.3) is 5.91 Å². The molecule has 0 aromatic heterocycles. The lowest BCUT2D eigenvalue weighted by atomic mass is 9.96. The molecule has 98 valence electrons. The summed E-state index contributed by atoms with van der Waals surface area (Å²) in [5.74, 6) is 0.338. The second-order valence-electron chi connectivity index (χ2n) is 5.16. The molecule has 1 amide bonds. The monoisotopic (exact) mass is 247 g/mol. The number of aliphatic imine (C=N–C) groups is 1. The molecule has 0 bridgehead atoms. The van der Waals surface area contributed by atoms with Gasteiger partial charge in [-0.05, 0) is 12.5 Å². The van der Waals surface area contributed by atoms with Gasteiger partial charge in [-0.2, -0.15) is 4.99 Å². The summed E-state index contributed by atoms with van der Waals surface area (Å²) in [6, 6.07) is 9.60. The summed E-state index contributed by atoms with van der Waals surface area (Å²) < 4.78 is 5.44. The van der Waals surface area contributed by atoms with E-state index in [4.69, 9.17) is 4.74 Å². The highest BCUT2D eigenvalue weighted by Crippen LogP contribution is 2.17. The van der Waals surface area contributed by atoms with E-state index in [1.165, 1.54) is 0 Å². The summed E-state index contributed by atoms with van der Waals surface area (Å²) in [6.45, 7) is 8.36. The molecule has 0 atom stereocenters. The third-order valence-electron chi connectivity index (χ3n) is 2.35. The summed E-state index contributed by atoms with van der Waals surface area (Å²) >= 11 is 0. The van der Waals surface area contributed by atoms with Crippen LogP contribution in [0.2, 0.25) is 0 Å². The van der Waals surface area contributed by atoms with Gasteiger partial charge in [0, 0.05) is 5.41 Å². The van der Waals surface area contributed by atoms with Crippen LogP contribution in [0.25, 0.3) is 0 Å². The first-order valence-electron chi connectivity index (χ1n) is 6.22. The number of carbonyl (C=O) groups excluding carboxylic acids is 1. The predicted octanol–water partition coefficient (Wildman–Crippen LogP) is 3.24. The normalized spacial score (nSPS) is 12.3. The Morgan fingerprint density at radius 2 is 1.83 bits per heavy atom. The first-order valence-corrected chi connectivity index (χ1v) is 6.22. The van der Waals surface area contributed by atoms with E-state index in [0.29, 0.717) is 18.9 Å². The van der Waals surface area contributed by atoms with Crippen LogP contribution in [-0.2, 0) is 16.0 Å². The first-order chi connectivity index (χ1) is 8.43. The summed E-state index contributed by atoms with van der Waals surface area (Å²) in [6.07, 6.45) is 0.313. The zero-order chi connectivity index (χ0) is 13.6. The molecule has 0 aliphatic heterocycles. The number of amides is 1. The summed E-state index contributed by atoms with van der Waals surface area (Å²) in [5, 5.41) is 0. The summed E-state index contributed by atoms with van der Waals surface area (Å²) in [5.41, 5.74) is 0.721. The third kappa shape index (κ3) is 4.70. The molecule has 0 aliphatic rings. The highest BCUT2D eigenvalue weighted by atomic mass is 16.5.